The van der Waals surface area contributed by atoms with E-state index in [1.54, 1.807) is 5.38 Å². The van der Waals surface area contributed by atoms with Gasteiger partial charge in [-0.2, -0.15) is 0 Å². The van der Waals surface area contributed by atoms with E-state index in [0.717, 1.165) is 11.3 Å². The van der Waals surface area contributed by atoms with E-state index >= 15 is 0 Å². The number of carbonyl (C=O) groups is 1. The minimum absolute atomic E-state index is 0.268. The van der Waals surface area contributed by atoms with Crippen LogP contribution in [0, 0.1) is 0 Å². The lowest BCUT2D eigenvalue weighted by atomic mass is 10.1. The fraction of sp³-hybridized carbons (Fsp3) is 0.600. The summed E-state index contributed by atoms with van der Waals surface area (Å²) in [6.07, 6.45) is 2.51. The second kappa shape index (κ2) is 3.67. The maximum absolute atomic E-state index is 11.7. The number of carboxylic acid groups (broad SMARTS) is 1. The first-order valence-electron chi connectivity index (χ1n) is 5.65. The summed E-state index contributed by atoms with van der Waals surface area (Å²) in [4.78, 5) is 15.2. The number of aromatic nitrogens is 1. The summed E-state index contributed by atoms with van der Waals surface area (Å²) in [7, 11) is -3.32. The lowest BCUT2D eigenvalue weighted by Crippen LogP contribution is -2.20. The zero-order valence-corrected chi connectivity index (χ0v) is 11.1. The van der Waals surface area contributed by atoms with Crippen LogP contribution in [-0.2, 0) is 20.2 Å². The Morgan fingerprint density at radius 3 is 2.67 bits per heavy atom. The first-order valence-corrected chi connectivity index (χ1v) is 8.08. The van der Waals surface area contributed by atoms with Gasteiger partial charge >= 0.3 is 5.97 Å². The van der Waals surface area contributed by atoms with Crippen molar-refractivity contribution < 1.29 is 18.3 Å². The summed E-state index contributed by atoms with van der Waals surface area (Å²) in [6.45, 7) is 0. The molecule has 0 saturated heterocycles. The van der Waals surface area contributed by atoms with Gasteiger partial charge in [0.05, 0.1) is 10.9 Å². The summed E-state index contributed by atoms with van der Waals surface area (Å²) in [5, 5.41) is 10.7. The Bertz CT molecular complexity index is 599. The van der Waals surface area contributed by atoms with Crippen LogP contribution in [-0.4, -0.2) is 29.7 Å². The van der Waals surface area contributed by atoms with Gasteiger partial charge in [-0.3, -0.25) is 9.52 Å². The molecule has 2 fully saturated rings. The van der Waals surface area contributed by atoms with Crippen LogP contribution in [0.25, 0.3) is 0 Å². The summed E-state index contributed by atoms with van der Waals surface area (Å²) in [5.41, 5.74) is -0.409. The molecule has 8 heteroatoms. The van der Waals surface area contributed by atoms with Gasteiger partial charge in [-0.1, -0.05) is 0 Å². The van der Waals surface area contributed by atoms with Crippen LogP contribution in [0.3, 0.4) is 0 Å². The predicted octanol–water partition coefficient (Wildman–Crippen LogP) is 1.16. The predicted molar refractivity (Wildman–Crippen MR) is 66.2 cm³/mol. The van der Waals surface area contributed by atoms with Crippen molar-refractivity contribution in [2.75, 3.05) is 4.72 Å². The van der Waals surface area contributed by atoms with E-state index in [9.17, 15) is 13.2 Å². The molecule has 0 bridgehead atoms. The number of thiazole rings is 1. The van der Waals surface area contributed by atoms with Crippen molar-refractivity contribution in [1.29, 1.82) is 0 Å². The Labute approximate surface area is 108 Å². The first kappa shape index (κ1) is 11.9. The topological polar surface area (TPSA) is 96.4 Å². The standard InChI is InChI=1S/C10H12N2O4S2/c13-8(14)10(3-4-10)7-5-17-9(11-7)12-18(15,16)6-1-2-6/h5-6H,1-4H2,(H,11,12)(H,13,14). The van der Waals surface area contributed by atoms with E-state index < -0.39 is 21.4 Å². The summed E-state index contributed by atoms with van der Waals surface area (Å²) >= 11 is 1.14. The molecule has 6 nitrogen and oxygen atoms in total. The zero-order chi connectivity index (χ0) is 13.0. The maximum atomic E-state index is 11.7. The van der Waals surface area contributed by atoms with Gasteiger partial charge in [0, 0.05) is 5.38 Å². The third-order valence-electron chi connectivity index (χ3n) is 3.35. The maximum Gasteiger partial charge on any atom is 0.315 e. The van der Waals surface area contributed by atoms with Crippen molar-refractivity contribution >= 4 is 32.5 Å². The molecule has 18 heavy (non-hydrogen) atoms. The van der Waals surface area contributed by atoms with Gasteiger partial charge in [-0.05, 0) is 25.7 Å². The SMILES string of the molecule is O=C(O)C1(c2csc(NS(=O)(=O)C3CC3)n2)CC1. The second-order valence-corrected chi connectivity index (χ2v) is 7.59. The highest BCUT2D eigenvalue weighted by Gasteiger charge is 2.53. The van der Waals surface area contributed by atoms with Gasteiger partial charge in [0.1, 0.15) is 5.41 Å². The van der Waals surface area contributed by atoms with Gasteiger partial charge < -0.3 is 5.11 Å². The molecule has 0 aliphatic heterocycles. The van der Waals surface area contributed by atoms with Crippen LogP contribution in [0.15, 0.2) is 5.38 Å². The number of aliphatic carboxylic acids is 1. The fourth-order valence-corrected chi connectivity index (χ4v) is 4.23. The highest BCUT2D eigenvalue weighted by molar-refractivity contribution is 7.93. The van der Waals surface area contributed by atoms with Crippen molar-refractivity contribution in [2.24, 2.45) is 0 Å². The molecular formula is C10H12N2O4S2. The zero-order valence-electron chi connectivity index (χ0n) is 9.42. The molecule has 0 atom stereocenters. The Kier molecular flexibility index (Phi) is 2.43. The molecule has 0 unspecified atom stereocenters. The normalized spacial score (nSPS) is 21.6. The average molecular weight is 288 g/mol. The van der Waals surface area contributed by atoms with Gasteiger partial charge in [0.15, 0.2) is 5.13 Å². The summed E-state index contributed by atoms with van der Waals surface area (Å²) in [6, 6.07) is 0. The minimum Gasteiger partial charge on any atom is -0.481 e. The third-order valence-corrected chi connectivity index (χ3v) is 6.06. The molecule has 2 N–H and O–H groups in total. The number of nitrogens with one attached hydrogen (secondary N) is 1. The molecule has 0 radical (unpaired) electrons. The van der Waals surface area contributed by atoms with Crippen LogP contribution < -0.4 is 4.72 Å². The molecule has 3 rings (SSSR count). The highest BCUT2D eigenvalue weighted by Crippen LogP contribution is 2.49. The van der Waals surface area contributed by atoms with Gasteiger partial charge in [0.2, 0.25) is 10.0 Å². The molecular weight excluding hydrogens is 276 g/mol. The molecule has 1 aromatic heterocycles. The first-order chi connectivity index (χ1) is 8.44. The van der Waals surface area contributed by atoms with Crippen LogP contribution in [0.2, 0.25) is 0 Å². The van der Waals surface area contributed by atoms with Gasteiger partial charge in [-0.25, -0.2) is 13.4 Å². The molecule has 1 heterocycles. The van der Waals surface area contributed by atoms with Crippen molar-refractivity contribution in [3.8, 4) is 0 Å². The number of anilines is 1. The molecule has 0 aromatic carbocycles. The molecule has 2 aliphatic rings. The fourth-order valence-electron chi connectivity index (χ4n) is 1.83. The number of sulfonamides is 1. The largest absolute Gasteiger partial charge is 0.481 e. The highest BCUT2D eigenvalue weighted by atomic mass is 32.2. The Morgan fingerprint density at radius 1 is 1.50 bits per heavy atom. The number of hydrogen-bond donors (Lipinski definition) is 2. The Hall–Kier alpha value is -1.15. The summed E-state index contributed by atoms with van der Waals surface area (Å²) in [5.74, 6) is -0.885. The van der Waals surface area contributed by atoms with Crippen LogP contribution in [0.4, 0.5) is 5.13 Å². The molecule has 2 aliphatic carbocycles. The average Bonchev–Trinajstić information content (AvgIpc) is 3.17. The molecule has 1 aromatic rings. The Balaban J connectivity index is 1.80. The van der Waals surface area contributed by atoms with Crippen LogP contribution >= 0.6 is 11.3 Å². The van der Waals surface area contributed by atoms with Crippen molar-refractivity contribution in [2.45, 2.75) is 36.3 Å². The number of hydrogen-bond acceptors (Lipinski definition) is 5. The lowest BCUT2D eigenvalue weighted by Gasteiger charge is -2.05. The van der Waals surface area contributed by atoms with Crippen molar-refractivity contribution in [3.63, 3.8) is 0 Å². The van der Waals surface area contributed by atoms with Crippen LogP contribution in [0.5, 0.6) is 0 Å². The van der Waals surface area contributed by atoms with E-state index in [2.05, 4.69) is 9.71 Å². The number of rotatable bonds is 5. The van der Waals surface area contributed by atoms with E-state index in [0.29, 0.717) is 31.4 Å². The quantitative estimate of drug-likeness (QED) is 0.847. The summed E-state index contributed by atoms with van der Waals surface area (Å²) < 4.78 is 25.8. The van der Waals surface area contributed by atoms with Gasteiger partial charge in [-0.15, -0.1) is 11.3 Å². The monoisotopic (exact) mass is 288 g/mol. The lowest BCUT2D eigenvalue weighted by molar-refractivity contribution is -0.140. The van der Waals surface area contributed by atoms with Gasteiger partial charge in [0.25, 0.3) is 0 Å². The molecule has 98 valence electrons. The van der Waals surface area contributed by atoms with E-state index in [-0.39, 0.29) is 10.4 Å². The molecule has 2 saturated carbocycles. The minimum atomic E-state index is -3.32. The second-order valence-electron chi connectivity index (χ2n) is 4.77. The smallest absolute Gasteiger partial charge is 0.315 e. The van der Waals surface area contributed by atoms with E-state index in [1.165, 1.54) is 0 Å². The van der Waals surface area contributed by atoms with Crippen LogP contribution in [0.1, 0.15) is 31.4 Å². The van der Waals surface area contributed by atoms with Crippen molar-refractivity contribution in [1.82, 2.24) is 4.98 Å². The number of carboxylic acids is 1. The van der Waals surface area contributed by atoms with Crippen molar-refractivity contribution in [3.05, 3.63) is 11.1 Å². The third kappa shape index (κ3) is 1.89. The van der Waals surface area contributed by atoms with E-state index in [1.807, 2.05) is 0 Å². The van der Waals surface area contributed by atoms with E-state index in [4.69, 9.17) is 5.11 Å². The number of nitrogens with zero attached hydrogens (tertiary/aromatic N) is 1. The Morgan fingerprint density at radius 2 is 2.17 bits per heavy atom. The molecule has 0 amide bonds. The molecule has 0 spiro atoms.